The molecule has 0 aromatic heterocycles. The number of carbonyl (C=O) groups is 1. The maximum absolute atomic E-state index is 13.8. The Bertz CT molecular complexity index is 1510. The Kier molecular flexibility index (Phi) is 8.20. The number of carboxylic acid groups (broad SMARTS) is 1. The van der Waals surface area contributed by atoms with E-state index < -0.39 is 62.2 Å². The SMILES string of the molecule is CC(C)(N(C(=O)O)c1ccc2c(c1)N(S(=O)(=O)c1ccc(F)cc1)C[C@H](CNS(=O)(=O)N1CCCC1)O2)C(F)(F)F. The van der Waals surface area contributed by atoms with Crippen molar-refractivity contribution in [2.24, 2.45) is 0 Å². The van der Waals surface area contributed by atoms with E-state index >= 15 is 0 Å². The summed E-state index contributed by atoms with van der Waals surface area (Å²) in [7, 11) is -8.40. The number of anilines is 2. The van der Waals surface area contributed by atoms with Crippen LogP contribution >= 0.6 is 0 Å². The number of benzene rings is 2. The molecule has 0 bridgehead atoms. The summed E-state index contributed by atoms with van der Waals surface area (Å²) >= 11 is 0. The molecule has 4 rings (SSSR count). The van der Waals surface area contributed by atoms with Crippen LogP contribution in [-0.2, 0) is 20.2 Å². The Morgan fingerprint density at radius 2 is 1.68 bits per heavy atom. The maximum Gasteiger partial charge on any atom is 0.412 e. The summed E-state index contributed by atoms with van der Waals surface area (Å²) in [5.41, 5.74) is -3.68. The summed E-state index contributed by atoms with van der Waals surface area (Å²) in [6.45, 7) is 1.13. The van der Waals surface area contributed by atoms with Gasteiger partial charge in [0.15, 0.2) is 0 Å². The zero-order valence-electron chi connectivity index (χ0n) is 21.9. The molecule has 1 fully saturated rings. The molecule has 0 aliphatic carbocycles. The minimum Gasteiger partial charge on any atom is -0.485 e. The van der Waals surface area contributed by atoms with E-state index in [1.54, 1.807) is 0 Å². The van der Waals surface area contributed by atoms with Crippen LogP contribution in [0.1, 0.15) is 26.7 Å². The van der Waals surface area contributed by atoms with Crippen LogP contribution in [0.4, 0.5) is 33.7 Å². The molecular weight excluding hydrogens is 596 g/mol. The van der Waals surface area contributed by atoms with Gasteiger partial charge in [0.25, 0.3) is 20.2 Å². The van der Waals surface area contributed by atoms with Gasteiger partial charge in [0.05, 0.1) is 29.4 Å². The standard InChI is InChI=1S/C24H28F4N4O7S2/c1-23(2,24(26,27)28)32(22(33)34)17-7-10-21-20(13-17)31(40(35,36)19-8-5-16(25)6-9-19)15-18(39-21)14-29-41(37,38)30-11-3-4-12-30/h5-10,13,18,29H,3-4,11-12,14-15H2,1-2H3,(H,33,34)/t18-/m0/s1. The summed E-state index contributed by atoms with van der Waals surface area (Å²) in [4.78, 5) is 11.7. The van der Waals surface area contributed by atoms with Gasteiger partial charge in [0, 0.05) is 13.1 Å². The Hall–Kier alpha value is -3.15. The van der Waals surface area contributed by atoms with Crippen molar-refractivity contribution in [3.05, 3.63) is 48.3 Å². The fraction of sp³-hybridized carbons (Fsp3) is 0.458. The average molecular weight is 625 g/mol. The molecule has 0 radical (unpaired) electrons. The fourth-order valence-corrected chi connectivity index (χ4v) is 7.34. The number of fused-ring (bicyclic) bond motifs is 1. The van der Waals surface area contributed by atoms with E-state index in [-0.39, 0.29) is 27.8 Å². The molecule has 2 aliphatic heterocycles. The van der Waals surface area contributed by atoms with Crippen molar-refractivity contribution in [1.29, 1.82) is 0 Å². The highest BCUT2D eigenvalue weighted by molar-refractivity contribution is 7.92. The predicted molar refractivity (Wildman–Crippen MR) is 140 cm³/mol. The van der Waals surface area contributed by atoms with Crippen LogP contribution in [0, 0.1) is 5.82 Å². The lowest BCUT2D eigenvalue weighted by Gasteiger charge is -2.39. The number of alkyl halides is 3. The summed E-state index contributed by atoms with van der Waals surface area (Å²) in [6.07, 6.45) is -6.62. The van der Waals surface area contributed by atoms with E-state index in [0.717, 1.165) is 46.8 Å². The van der Waals surface area contributed by atoms with Crippen molar-refractivity contribution >= 4 is 37.7 Å². The Labute approximate surface area is 234 Å². The number of halogens is 4. The van der Waals surface area contributed by atoms with Gasteiger partial charge in [-0.1, -0.05) is 0 Å². The minimum absolute atomic E-state index is 0.0617. The van der Waals surface area contributed by atoms with E-state index in [9.17, 15) is 44.3 Å². The lowest BCUT2D eigenvalue weighted by molar-refractivity contribution is -0.175. The number of nitrogens with zero attached hydrogens (tertiary/aromatic N) is 3. The maximum atomic E-state index is 13.8. The third-order valence-electron chi connectivity index (χ3n) is 6.88. The Morgan fingerprint density at radius 3 is 2.24 bits per heavy atom. The summed E-state index contributed by atoms with van der Waals surface area (Å²) in [5, 5.41) is 9.70. The average Bonchev–Trinajstić information content (AvgIpc) is 3.43. The number of amides is 1. The predicted octanol–water partition coefficient (Wildman–Crippen LogP) is 3.54. The first-order valence-electron chi connectivity index (χ1n) is 12.4. The summed E-state index contributed by atoms with van der Waals surface area (Å²) < 4.78 is 118. The third kappa shape index (κ3) is 6.07. The summed E-state index contributed by atoms with van der Waals surface area (Å²) in [5.74, 6) is -0.861. The Balaban J connectivity index is 1.76. The lowest BCUT2D eigenvalue weighted by Crippen LogP contribution is -2.57. The van der Waals surface area contributed by atoms with Gasteiger partial charge < -0.3 is 9.84 Å². The van der Waals surface area contributed by atoms with Gasteiger partial charge in [-0.3, -0.25) is 9.21 Å². The zero-order valence-corrected chi connectivity index (χ0v) is 23.6. The highest BCUT2D eigenvalue weighted by Gasteiger charge is 2.54. The van der Waals surface area contributed by atoms with Crippen LogP contribution in [0.5, 0.6) is 5.75 Å². The van der Waals surface area contributed by atoms with Crippen molar-refractivity contribution in [3.63, 3.8) is 0 Å². The second-order valence-electron chi connectivity index (χ2n) is 10.0. The molecule has 2 aromatic carbocycles. The topological polar surface area (TPSA) is 137 Å². The van der Waals surface area contributed by atoms with Crippen molar-refractivity contribution in [2.75, 3.05) is 35.4 Å². The first-order chi connectivity index (χ1) is 18.9. The van der Waals surface area contributed by atoms with Gasteiger partial charge in [0.1, 0.15) is 23.2 Å². The molecule has 2 heterocycles. The van der Waals surface area contributed by atoms with Crippen molar-refractivity contribution in [3.8, 4) is 5.75 Å². The second-order valence-corrected chi connectivity index (χ2v) is 13.6. The molecule has 0 unspecified atom stereocenters. The molecule has 2 aliphatic rings. The molecule has 0 saturated carbocycles. The Morgan fingerprint density at radius 1 is 1.07 bits per heavy atom. The number of sulfonamides is 1. The molecule has 226 valence electrons. The van der Waals surface area contributed by atoms with E-state index in [4.69, 9.17) is 4.74 Å². The second kappa shape index (κ2) is 10.9. The number of hydrogen-bond donors (Lipinski definition) is 2. The van der Waals surface area contributed by atoms with Crippen LogP contribution in [0.3, 0.4) is 0 Å². The molecule has 2 aromatic rings. The summed E-state index contributed by atoms with van der Waals surface area (Å²) in [6, 6.07) is 6.87. The number of hydrogen-bond acceptors (Lipinski definition) is 6. The number of nitrogens with one attached hydrogen (secondary N) is 1. The molecule has 1 saturated heterocycles. The molecule has 0 spiro atoms. The van der Waals surface area contributed by atoms with E-state index in [0.29, 0.717) is 39.8 Å². The van der Waals surface area contributed by atoms with E-state index in [2.05, 4.69) is 4.72 Å². The molecule has 17 heteroatoms. The lowest BCUT2D eigenvalue weighted by atomic mass is 10.0. The zero-order chi connectivity index (χ0) is 30.4. The van der Waals surface area contributed by atoms with Crippen LogP contribution in [0.2, 0.25) is 0 Å². The van der Waals surface area contributed by atoms with Crippen molar-refractivity contribution in [1.82, 2.24) is 9.03 Å². The van der Waals surface area contributed by atoms with Crippen LogP contribution in [0.15, 0.2) is 47.4 Å². The molecule has 1 amide bonds. The molecular formula is C24H28F4N4O7S2. The van der Waals surface area contributed by atoms with Crippen molar-refractivity contribution in [2.45, 2.75) is 49.4 Å². The third-order valence-corrected chi connectivity index (χ3v) is 10.2. The van der Waals surface area contributed by atoms with Crippen molar-refractivity contribution < 1.29 is 49.0 Å². The van der Waals surface area contributed by atoms with Gasteiger partial charge in [0.2, 0.25) is 0 Å². The number of rotatable bonds is 8. The highest BCUT2D eigenvalue weighted by Crippen LogP contribution is 2.43. The first-order valence-corrected chi connectivity index (χ1v) is 15.3. The molecule has 2 N–H and O–H groups in total. The van der Waals surface area contributed by atoms with E-state index in [1.165, 1.54) is 4.31 Å². The molecule has 11 nitrogen and oxygen atoms in total. The first kappa shape index (κ1) is 30.8. The van der Waals surface area contributed by atoms with Crippen LogP contribution in [-0.4, -0.2) is 76.3 Å². The van der Waals surface area contributed by atoms with Gasteiger partial charge in [-0.05, 0) is 69.2 Å². The monoisotopic (exact) mass is 624 g/mol. The highest BCUT2D eigenvalue weighted by atomic mass is 32.2. The van der Waals surface area contributed by atoms with Crippen LogP contribution in [0.25, 0.3) is 0 Å². The molecule has 41 heavy (non-hydrogen) atoms. The van der Waals surface area contributed by atoms with Gasteiger partial charge >= 0.3 is 12.3 Å². The van der Waals surface area contributed by atoms with Gasteiger partial charge in [-0.2, -0.15) is 30.6 Å². The van der Waals surface area contributed by atoms with Gasteiger partial charge in [-0.15, -0.1) is 0 Å². The smallest absolute Gasteiger partial charge is 0.412 e. The quantitative estimate of drug-likeness (QED) is 0.429. The van der Waals surface area contributed by atoms with Crippen LogP contribution < -0.4 is 18.7 Å². The molecule has 1 atom stereocenters. The fourth-order valence-electron chi connectivity index (χ4n) is 4.52. The normalized spacial score (nSPS) is 18.6. The van der Waals surface area contributed by atoms with Gasteiger partial charge in [-0.25, -0.2) is 17.6 Å². The van der Waals surface area contributed by atoms with E-state index in [1.807, 2.05) is 0 Å². The number of ether oxygens (including phenoxy) is 1. The largest absolute Gasteiger partial charge is 0.485 e. The minimum atomic E-state index is -4.99.